The van der Waals surface area contributed by atoms with Crippen LogP contribution >= 0.6 is 0 Å². The first-order valence-electron chi connectivity index (χ1n) is 9.33. The van der Waals surface area contributed by atoms with Crippen molar-refractivity contribution in [3.8, 4) is 0 Å². The lowest BCUT2D eigenvalue weighted by Crippen LogP contribution is -2.14. The van der Waals surface area contributed by atoms with Gasteiger partial charge in [0.25, 0.3) is 0 Å². The zero-order chi connectivity index (χ0) is 17.0. The van der Waals surface area contributed by atoms with E-state index in [4.69, 9.17) is 5.11 Å². The van der Waals surface area contributed by atoms with Crippen LogP contribution in [0.25, 0.3) is 0 Å². The Bertz CT molecular complexity index is 273. The van der Waals surface area contributed by atoms with Crippen molar-refractivity contribution in [2.45, 2.75) is 91.6 Å². The maximum absolute atomic E-state index is 9.45. The lowest BCUT2D eigenvalue weighted by Gasteiger charge is -2.16. The zero-order valence-electron chi connectivity index (χ0n) is 15.5. The summed E-state index contributed by atoms with van der Waals surface area (Å²) in [5, 5.41) is 18.3. The Hall–Kier alpha value is -0.340. The van der Waals surface area contributed by atoms with Gasteiger partial charge in [-0.1, -0.05) is 79.2 Å². The van der Waals surface area contributed by atoms with Gasteiger partial charge in [-0.25, -0.2) is 0 Å². The molecule has 0 fully saturated rings. The van der Waals surface area contributed by atoms with Crippen LogP contribution in [0.3, 0.4) is 0 Å². The van der Waals surface area contributed by atoms with Gasteiger partial charge in [0, 0.05) is 0 Å². The van der Waals surface area contributed by atoms with E-state index in [2.05, 4.69) is 34.3 Å². The average molecular weight is 313 g/mol. The van der Waals surface area contributed by atoms with E-state index in [-0.39, 0.29) is 6.61 Å². The van der Waals surface area contributed by atoms with Gasteiger partial charge in [0.2, 0.25) is 0 Å². The van der Waals surface area contributed by atoms with Gasteiger partial charge in [0.15, 0.2) is 0 Å². The normalized spacial score (nSPS) is 15.8. The molecule has 0 rings (SSSR count). The van der Waals surface area contributed by atoms with Crippen LogP contribution in [0.15, 0.2) is 12.2 Å². The predicted molar refractivity (Wildman–Crippen MR) is 97.0 cm³/mol. The minimum atomic E-state index is -0.734. The molecule has 2 nitrogen and oxygen atoms in total. The Morgan fingerprint density at radius 3 is 1.73 bits per heavy atom. The summed E-state index contributed by atoms with van der Waals surface area (Å²) in [6, 6.07) is 0. The van der Waals surface area contributed by atoms with Crippen LogP contribution in [0.2, 0.25) is 0 Å². The Balaban J connectivity index is 3.56. The summed E-state index contributed by atoms with van der Waals surface area (Å²) in [4.78, 5) is 0. The number of aliphatic hydroxyl groups is 2. The number of hydrogen-bond donors (Lipinski definition) is 2. The number of aliphatic hydroxyl groups excluding tert-OH is 2. The highest BCUT2D eigenvalue weighted by molar-refractivity contribution is 5.01. The molecule has 2 heteroatoms. The minimum Gasteiger partial charge on any atom is -0.393 e. The molecular formula is C20H40O2. The first kappa shape index (κ1) is 21.7. The Morgan fingerprint density at radius 2 is 1.27 bits per heavy atom. The van der Waals surface area contributed by atoms with Gasteiger partial charge in [0.1, 0.15) is 0 Å². The molecule has 22 heavy (non-hydrogen) atoms. The quantitative estimate of drug-likeness (QED) is 0.425. The number of hydrogen-bond acceptors (Lipinski definition) is 2. The van der Waals surface area contributed by atoms with Crippen molar-refractivity contribution in [2.75, 3.05) is 6.61 Å². The highest BCUT2D eigenvalue weighted by Crippen LogP contribution is 2.22. The van der Waals surface area contributed by atoms with Crippen LogP contribution < -0.4 is 0 Å². The molecule has 0 aromatic rings. The third kappa shape index (κ3) is 12.2. The van der Waals surface area contributed by atoms with Crippen LogP contribution in [0.4, 0.5) is 0 Å². The van der Waals surface area contributed by atoms with Crippen molar-refractivity contribution < 1.29 is 10.2 Å². The summed E-state index contributed by atoms with van der Waals surface area (Å²) in [5.74, 6) is 2.46. The first-order chi connectivity index (χ1) is 10.4. The molecule has 0 spiro atoms. The van der Waals surface area contributed by atoms with Crippen molar-refractivity contribution in [3.63, 3.8) is 0 Å². The fourth-order valence-corrected chi connectivity index (χ4v) is 2.95. The van der Waals surface area contributed by atoms with E-state index in [0.717, 1.165) is 36.2 Å². The van der Waals surface area contributed by atoms with E-state index in [9.17, 15) is 5.11 Å². The predicted octanol–water partition coefficient (Wildman–Crippen LogP) is 5.33. The molecule has 132 valence electrons. The Labute approximate surface area is 139 Å². The van der Waals surface area contributed by atoms with Crippen molar-refractivity contribution in [1.82, 2.24) is 0 Å². The molecule has 0 bridgehead atoms. The molecule has 0 aliphatic heterocycles. The lowest BCUT2D eigenvalue weighted by molar-refractivity contribution is 0.119. The van der Waals surface area contributed by atoms with Crippen molar-refractivity contribution in [2.24, 2.45) is 17.8 Å². The van der Waals surface area contributed by atoms with E-state index in [1.807, 2.05) is 0 Å². The van der Waals surface area contributed by atoms with Crippen molar-refractivity contribution in [1.29, 1.82) is 0 Å². The third-order valence-corrected chi connectivity index (χ3v) is 4.71. The molecule has 0 heterocycles. The summed E-state index contributed by atoms with van der Waals surface area (Å²) >= 11 is 0. The maximum Gasteiger partial charge on any atom is 0.0978 e. The van der Waals surface area contributed by atoms with Crippen LogP contribution in [-0.2, 0) is 0 Å². The molecule has 0 amide bonds. The summed E-state index contributed by atoms with van der Waals surface area (Å²) in [6.45, 7) is 13.0. The second-order valence-corrected chi connectivity index (χ2v) is 7.71. The summed E-state index contributed by atoms with van der Waals surface area (Å²) in [6.07, 6.45) is 10.5. The molecule has 0 aliphatic rings. The van der Waals surface area contributed by atoms with Crippen LogP contribution in [0.5, 0.6) is 0 Å². The van der Waals surface area contributed by atoms with Gasteiger partial charge in [-0.3, -0.25) is 0 Å². The SMILES string of the molecule is C=C(CCC[C@@H](C)CCC[C@@H](C)CCCC(C)C)[C@H](O)CO. The molecule has 0 aromatic carbocycles. The molecule has 0 saturated carbocycles. The van der Waals surface area contributed by atoms with Crippen molar-refractivity contribution >= 4 is 0 Å². The lowest BCUT2D eigenvalue weighted by atomic mass is 9.91. The van der Waals surface area contributed by atoms with E-state index in [0.29, 0.717) is 0 Å². The Kier molecular flexibility index (Phi) is 12.9. The maximum atomic E-state index is 9.45. The molecule has 0 saturated heterocycles. The highest BCUT2D eigenvalue weighted by atomic mass is 16.3. The largest absolute Gasteiger partial charge is 0.393 e. The van der Waals surface area contributed by atoms with Crippen LogP contribution in [0.1, 0.15) is 85.5 Å². The third-order valence-electron chi connectivity index (χ3n) is 4.71. The van der Waals surface area contributed by atoms with E-state index in [1.165, 1.54) is 44.9 Å². The van der Waals surface area contributed by atoms with Gasteiger partial charge in [-0.2, -0.15) is 0 Å². The fourth-order valence-electron chi connectivity index (χ4n) is 2.95. The van der Waals surface area contributed by atoms with Gasteiger partial charge in [0.05, 0.1) is 12.7 Å². The molecule has 2 N–H and O–H groups in total. The molecule has 0 aliphatic carbocycles. The summed E-state index contributed by atoms with van der Waals surface area (Å²) < 4.78 is 0. The standard InChI is InChI=1S/C20H40O2/c1-16(2)9-6-10-17(3)11-7-12-18(4)13-8-14-19(5)20(22)15-21/h16-18,20-22H,5-15H2,1-4H3/t17-,18-,20+/m0/s1. The number of rotatable bonds is 14. The molecule has 3 atom stereocenters. The van der Waals surface area contributed by atoms with Gasteiger partial charge in [-0.15, -0.1) is 0 Å². The zero-order valence-corrected chi connectivity index (χ0v) is 15.5. The topological polar surface area (TPSA) is 40.5 Å². The molecule has 0 unspecified atom stereocenters. The highest BCUT2D eigenvalue weighted by Gasteiger charge is 2.09. The molecular weight excluding hydrogens is 272 g/mol. The van der Waals surface area contributed by atoms with Crippen LogP contribution in [-0.4, -0.2) is 22.9 Å². The molecule has 0 aromatic heterocycles. The average Bonchev–Trinajstić information content (AvgIpc) is 2.45. The first-order valence-corrected chi connectivity index (χ1v) is 9.33. The second-order valence-electron chi connectivity index (χ2n) is 7.71. The van der Waals surface area contributed by atoms with E-state index in [1.54, 1.807) is 0 Å². The smallest absolute Gasteiger partial charge is 0.0978 e. The van der Waals surface area contributed by atoms with E-state index >= 15 is 0 Å². The van der Waals surface area contributed by atoms with Gasteiger partial charge < -0.3 is 10.2 Å². The monoisotopic (exact) mass is 312 g/mol. The summed E-state index contributed by atoms with van der Waals surface area (Å²) in [5.41, 5.74) is 0.772. The minimum absolute atomic E-state index is 0.205. The Morgan fingerprint density at radius 1 is 0.818 bits per heavy atom. The van der Waals surface area contributed by atoms with Crippen LogP contribution in [0, 0.1) is 17.8 Å². The van der Waals surface area contributed by atoms with E-state index < -0.39 is 6.10 Å². The second kappa shape index (κ2) is 13.1. The van der Waals surface area contributed by atoms with Gasteiger partial charge in [-0.05, 0) is 36.2 Å². The fraction of sp³-hybridized carbons (Fsp3) is 0.900. The summed E-state index contributed by atoms with van der Waals surface area (Å²) in [7, 11) is 0. The van der Waals surface area contributed by atoms with Crippen molar-refractivity contribution in [3.05, 3.63) is 12.2 Å². The van der Waals surface area contributed by atoms with Gasteiger partial charge >= 0.3 is 0 Å². The molecule has 0 radical (unpaired) electrons.